The van der Waals surface area contributed by atoms with Crippen LogP contribution in [0, 0.1) is 0 Å². The number of ether oxygens (including phenoxy) is 1. The largest absolute Gasteiger partial charge is 0.465 e. The van der Waals surface area contributed by atoms with Crippen molar-refractivity contribution in [2.75, 3.05) is 12.4 Å². The Morgan fingerprint density at radius 2 is 1.81 bits per heavy atom. The van der Waals surface area contributed by atoms with Crippen molar-refractivity contribution < 1.29 is 14.3 Å². The highest BCUT2D eigenvalue weighted by Crippen LogP contribution is 2.36. The van der Waals surface area contributed by atoms with Crippen LogP contribution < -0.4 is 5.32 Å². The molecule has 0 saturated heterocycles. The third-order valence-corrected chi connectivity index (χ3v) is 5.13. The maximum atomic E-state index is 12.6. The summed E-state index contributed by atoms with van der Waals surface area (Å²) in [6, 6.07) is 14.0. The van der Waals surface area contributed by atoms with Gasteiger partial charge in [0, 0.05) is 16.0 Å². The van der Waals surface area contributed by atoms with Gasteiger partial charge in [0.1, 0.15) is 10.6 Å². The van der Waals surface area contributed by atoms with Gasteiger partial charge in [0.2, 0.25) is 0 Å². The predicted molar refractivity (Wildman–Crippen MR) is 106 cm³/mol. The Labute approximate surface area is 164 Å². The molecule has 0 fully saturated rings. The second-order valence-electron chi connectivity index (χ2n) is 5.29. The van der Waals surface area contributed by atoms with Gasteiger partial charge in [-0.05, 0) is 23.8 Å². The molecule has 3 aromatic rings. The van der Waals surface area contributed by atoms with Gasteiger partial charge in [-0.2, -0.15) is 0 Å². The maximum Gasteiger partial charge on any atom is 0.341 e. The van der Waals surface area contributed by atoms with Crippen molar-refractivity contribution in [2.24, 2.45) is 0 Å². The van der Waals surface area contributed by atoms with Gasteiger partial charge in [0.25, 0.3) is 5.91 Å². The normalized spacial score (nSPS) is 10.4. The molecular weight excluding hydrogens is 393 g/mol. The number of carbonyl (C=O) groups excluding carboxylic acids is 2. The van der Waals surface area contributed by atoms with Crippen LogP contribution in [-0.4, -0.2) is 19.0 Å². The molecule has 132 valence electrons. The SMILES string of the molecule is COC(=O)c1c(-c2ccccc2)csc1NC(=O)c1cc(Cl)ccc1Cl. The molecule has 7 heteroatoms. The van der Waals surface area contributed by atoms with Crippen LogP contribution in [0.3, 0.4) is 0 Å². The standard InChI is InChI=1S/C19H13Cl2NO3S/c1-25-19(24)16-14(11-5-3-2-4-6-11)10-26-18(16)22-17(23)13-9-12(20)7-8-15(13)21/h2-10H,1H3,(H,22,23). The van der Waals surface area contributed by atoms with Gasteiger partial charge in [-0.15, -0.1) is 11.3 Å². The van der Waals surface area contributed by atoms with E-state index in [1.54, 1.807) is 17.5 Å². The molecule has 1 N–H and O–H groups in total. The third kappa shape index (κ3) is 3.75. The summed E-state index contributed by atoms with van der Waals surface area (Å²) in [6.45, 7) is 0. The van der Waals surface area contributed by atoms with Crippen LogP contribution >= 0.6 is 34.5 Å². The summed E-state index contributed by atoms with van der Waals surface area (Å²) in [5.41, 5.74) is 2.07. The van der Waals surface area contributed by atoms with Crippen LogP contribution in [0.15, 0.2) is 53.9 Å². The van der Waals surface area contributed by atoms with Crippen LogP contribution in [-0.2, 0) is 4.74 Å². The highest BCUT2D eigenvalue weighted by Gasteiger charge is 2.23. The van der Waals surface area contributed by atoms with Crippen molar-refractivity contribution in [3.8, 4) is 11.1 Å². The van der Waals surface area contributed by atoms with Gasteiger partial charge < -0.3 is 10.1 Å². The molecule has 3 rings (SSSR count). The minimum atomic E-state index is -0.530. The number of esters is 1. The van der Waals surface area contributed by atoms with Gasteiger partial charge in [0.05, 0.1) is 17.7 Å². The van der Waals surface area contributed by atoms with Crippen LogP contribution in [0.25, 0.3) is 11.1 Å². The topological polar surface area (TPSA) is 55.4 Å². The number of rotatable bonds is 4. The van der Waals surface area contributed by atoms with Gasteiger partial charge in [-0.25, -0.2) is 4.79 Å². The summed E-state index contributed by atoms with van der Waals surface area (Å²) in [5.74, 6) is -0.985. The molecule has 0 aliphatic rings. The Balaban J connectivity index is 2.00. The van der Waals surface area contributed by atoms with E-state index in [0.29, 0.717) is 21.2 Å². The van der Waals surface area contributed by atoms with E-state index in [0.717, 1.165) is 5.56 Å². The number of hydrogen-bond acceptors (Lipinski definition) is 4. The predicted octanol–water partition coefficient (Wildman–Crippen LogP) is 5.76. The Morgan fingerprint density at radius 1 is 1.08 bits per heavy atom. The zero-order valence-corrected chi connectivity index (χ0v) is 15.9. The number of benzene rings is 2. The van der Waals surface area contributed by atoms with E-state index >= 15 is 0 Å². The number of nitrogens with one attached hydrogen (secondary N) is 1. The number of carbonyl (C=O) groups is 2. The molecule has 26 heavy (non-hydrogen) atoms. The van der Waals surface area contributed by atoms with Crippen molar-refractivity contribution in [1.82, 2.24) is 0 Å². The second kappa shape index (κ2) is 7.91. The number of anilines is 1. The molecule has 0 spiro atoms. The van der Waals surface area contributed by atoms with Crippen LogP contribution in [0.4, 0.5) is 5.00 Å². The summed E-state index contributed by atoms with van der Waals surface area (Å²) >= 11 is 13.3. The Hall–Kier alpha value is -2.34. The van der Waals surface area contributed by atoms with E-state index in [2.05, 4.69) is 5.32 Å². The van der Waals surface area contributed by atoms with E-state index in [4.69, 9.17) is 27.9 Å². The maximum absolute atomic E-state index is 12.6. The molecule has 0 bridgehead atoms. The van der Waals surface area contributed by atoms with Gasteiger partial charge >= 0.3 is 5.97 Å². The van der Waals surface area contributed by atoms with Gasteiger partial charge in [0.15, 0.2) is 0 Å². The smallest absolute Gasteiger partial charge is 0.341 e. The first-order chi connectivity index (χ1) is 12.5. The first kappa shape index (κ1) is 18.5. The van der Waals surface area contributed by atoms with E-state index < -0.39 is 11.9 Å². The molecule has 0 radical (unpaired) electrons. The molecule has 0 aliphatic heterocycles. The molecule has 0 atom stereocenters. The van der Waals surface area contributed by atoms with Crippen LogP contribution in [0.1, 0.15) is 20.7 Å². The number of methoxy groups -OCH3 is 1. The highest BCUT2D eigenvalue weighted by molar-refractivity contribution is 7.15. The lowest BCUT2D eigenvalue weighted by atomic mass is 10.0. The molecule has 1 amide bonds. The van der Waals surface area contributed by atoms with E-state index in [-0.39, 0.29) is 10.6 Å². The second-order valence-corrected chi connectivity index (χ2v) is 7.01. The molecule has 4 nitrogen and oxygen atoms in total. The van der Waals surface area contributed by atoms with E-state index in [9.17, 15) is 9.59 Å². The lowest BCUT2D eigenvalue weighted by molar-refractivity contribution is 0.0603. The van der Waals surface area contributed by atoms with Crippen molar-refractivity contribution in [2.45, 2.75) is 0 Å². The number of amides is 1. The summed E-state index contributed by atoms with van der Waals surface area (Å²) in [4.78, 5) is 24.9. The fourth-order valence-electron chi connectivity index (χ4n) is 2.43. The van der Waals surface area contributed by atoms with Crippen molar-refractivity contribution in [3.05, 3.63) is 75.1 Å². The Kier molecular flexibility index (Phi) is 5.61. The Morgan fingerprint density at radius 3 is 2.50 bits per heavy atom. The van der Waals surface area contributed by atoms with E-state index in [1.807, 2.05) is 30.3 Å². The Bertz CT molecular complexity index is 970. The lowest BCUT2D eigenvalue weighted by Crippen LogP contribution is -2.14. The zero-order valence-electron chi connectivity index (χ0n) is 13.6. The number of hydrogen-bond donors (Lipinski definition) is 1. The fraction of sp³-hybridized carbons (Fsp3) is 0.0526. The molecule has 0 saturated carbocycles. The highest BCUT2D eigenvalue weighted by atomic mass is 35.5. The summed E-state index contributed by atoms with van der Waals surface area (Å²) < 4.78 is 4.90. The van der Waals surface area contributed by atoms with Crippen molar-refractivity contribution in [1.29, 1.82) is 0 Å². The van der Waals surface area contributed by atoms with Crippen molar-refractivity contribution in [3.63, 3.8) is 0 Å². The molecule has 0 unspecified atom stereocenters. The molecule has 1 aromatic heterocycles. The minimum absolute atomic E-state index is 0.227. The molecule has 1 heterocycles. The van der Waals surface area contributed by atoms with Crippen LogP contribution in [0.2, 0.25) is 10.0 Å². The minimum Gasteiger partial charge on any atom is -0.465 e. The van der Waals surface area contributed by atoms with Gasteiger partial charge in [-0.1, -0.05) is 53.5 Å². The first-order valence-corrected chi connectivity index (χ1v) is 9.16. The number of halogens is 2. The molecule has 2 aromatic carbocycles. The summed E-state index contributed by atoms with van der Waals surface area (Å²) in [7, 11) is 1.30. The first-order valence-electron chi connectivity index (χ1n) is 7.53. The summed E-state index contributed by atoms with van der Waals surface area (Å²) in [5, 5.41) is 5.59. The molecular formula is C19H13Cl2NO3S. The molecule has 0 aliphatic carbocycles. The van der Waals surface area contributed by atoms with Gasteiger partial charge in [-0.3, -0.25) is 4.79 Å². The summed E-state index contributed by atoms with van der Waals surface area (Å²) in [6.07, 6.45) is 0. The monoisotopic (exact) mass is 405 g/mol. The van der Waals surface area contributed by atoms with Crippen molar-refractivity contribution >= 4 is 51.4 Å². The average molecular weight is 406 g/mol. The number of thiophene rings is 1. The lowest BCUT2D eigenvalue weighted by Gasteiger charge is -2.09. The third-order valence-electron chi connectivity index (χ3n) is 3.67. The average Bonchev–Trinajstić information content (AvgIpc) is 3.07. The van der Waals surface area contributed by atoms with Crippen LogP contribution in [0.5, 0.6) is 0 Å². The van der Waals surface area contributed by atoms with E-state index in [1.165, 1.54) is 24.5 Å². The zero-order chi connectivity index (χ0) is 18.7. The fourth-order valence-corrected chi connectivity index (χ4v) is 3.75. The quantitative estimate of drug-likeness (QED) is 0.561.